The van der Waals surface area contributed by atoms with E-state index < -0.39 is 0 Å². The van der Waals surface area contributed by atoms with Crippen LogP contribution in [0.1, 0.15) is 5.69 Å². The Hall–Kier alpha value is -1.97. The van der Waals surface area contributed by atoms with Gasteiger partial charge in [0.25, 0.3) is 0 Å². The van der Waals surface area contributed by atoms with Crippen molar-refractivity contribution in [3.63, 3.8) is 0 Å². The molecule has 3 aromatic rings. The van der Waals surface area contributed by atoms with Crippen molar-refractivity contribution >= 4 is 28.2 Å². The fraction of sp³-hybridized carbons (Fsp3) is 0.312. The number of aromatic nitrogens is 4. The van der Waals surface area contributed by atoms with E-state index in [0.717, 1.165) is 41.5 Å². The lowest BCUT2D eigenvalue weighted by atomic mass is 10.3. The predicted octanol–water partition coefficient (Wildman–Crippen LogP) is 2.99. The zero-order chi connectivity index (χ0) is 17.1. The summed E-state index contributed by atoms with van der Waals surface area (Å²) in [5.74, 6) is 0.425. The Morgan fingerprint density at radius 2 is 2.08 bits per heavy atom. The Morgan fingerprint density at radius 3 is 2.92 bits per heavy atom. The first-order valence-electron chi connectivity index (χ1n) is 7.87. The monoisotopic (exact) mass is 377 g/mol. The van der Waals surface area contributed by atoms with Crippen LogP contribution in [0.4, 0.5) is 9.52 Å². The minimum Gasteiger partial charge on any atom is -0.378 e. The largest absolute Gasteiger partial charge is 0.378 e. The van der Waals surface area contributed by atoms with Crippen molar-refractivity contribution in [2.45, 2.75) is 10.1 Å². The van der Waals surface area contributed by atoms with E-state index >= 15 is 0 Å². The van der Waals surface area contributed by atoms with E-state index in [-0.39, 0.29) is 5.82 Å². The lowest BCUT2D eigenvalue weighted by molar-refractivity contribution is 0.122. The van der Waals surface area contributed by atoms with Crippen molar-refractivity contribution in [1.82, 2.24) is 20.0 Å². The number of thioether (sulfide) groups is 1. The summed E-state index contributed by atoms with van der Waals surface area (Å²) in [6.45, 7) is 3.19. The van der Waals surface area contributed by atoms with Crippen molar-refractivity contribution in [2.75, 3.05) is 31.2 Å². The molecule has 1 saturated heterocycles. The van der Waals surface area contributed by atoms with Gasteiger partial charge in [0.2, 0.25) is 5.13 Å². The van der Waals surface area contributed by atoms with Gasteiger partial charge in [-0.1, -0.05) is 29.2 Å². The lowest BCUT2D eigenvalue weighted by Crippen LogP contribution is -2.36. The fourth-order valence-corrected chi connectivity index (χ4v) is 4.27. The highest BCUT2D eigenvalue weighted by Gasteiger charge is 2.16. The number of hydrogen-bond donors (Lipinski definition) is 0. The summed E-state index contributed by atoms with van der Waals surface area (Å²) in [4.78, 5) is 2.20. The van der Waals surface area contributed by atoms with Crippen molar-refractivity contribution in [1.29, 1.82) is 0 Å². The van der Waals surface area contributed by atoms with Gasteiger partial charge in [0.15, 0.2) is 4.34 Å². The zero-order valence-electron chi connectivity index (χ0n) is 13.3. The van der Waals surface area contributed by atoms with E-state index in [1.165, 1.54) is 12.1 Å². The van der Waals surface area contributed by atoms with Crippen LogP contribution >= 0.6 is 23.1 Å². The molecule has 1 aliphatic rings. The first-order chi connectivity index (χ1) is 12.3. The maximum Gasteiger partial charge on any atom is 0.209 e. The Labute approximate surface area is 152 Å². The fourth-order valence-electron chi connectivity index (χ4n) is 2.48. The molecule has 0 aliphatic carbocycles. The van der Waals surface area contributed by atoms with Gasteiger partial charge in [0, 0.05) is 25.0 Å². The van der Waals surface area contributed by atoms with Crippen LogP contribution in [0.2, 0.25) is 0 Å². The van der Waals surface area contributed by atoms with Gasteiger partial charge in [0.1, 0.15) is 5.82 Å². The topological polar surface area (TPSA) is 56.1 Å². The molecule has 0 saturated carbocycles. The van der Waals surface area contributed by atoms with Gasteiger partial charge in [-0.2, -0.15) is 5.10 Å². The Bertz CT molecular complexity index is 846. The van der Waals surface area contributed by atoms with Crippen molar-refractivity contribution in [3.8, 4) is 5.69 Å². The normalized spacial score (nSPS) is 14.8. The highest BCUT2D eigenvalue weighted by atomic mass is 32.2. The molecule has 0 spiro atoms. The van der Waals surface area contributed by atoms with Crippen molar-refractivity contribution < 1.29 is 9.13 Å². The van der Waals surface area contributed by atoms with Crippen LogP contribution in [0.25, 0.3) is 5.69 Å². The molecule has 6 nitrogen and oxygen atoms in total. The molecular weight excluding hydrogens is 361 g/mol. The zero-order valence-corrected chi connectivity index (χ0v) is 15.0. The molecule has 25 heavy (non-hydrogen) atoms. The number of ether oxygens (including phenoxy) is 1. The van der Waals surface area contributed by atoms with Crippen LogP contribution in [0.3, 0.4) is 0 Å². The molecule has 130 valence electrons. The lowest BCUT2D eigenvalue weighted by Gasteiger charge is -2.25. The highest BCUT2D eigenvalue weighted by Crippen LogP contribution is 2.30. The van der Waals surface area contributed by atoms with Gasteiger partial charge in [-0.25, -0.2) is 9.07 Å². The van der Waals surface area contributed by atoms with Crippen LogP contribution in [0.15, 0.2) is 40.9 Å². The van der Waals surface area contributed by atoms with Crippen LogP contribution in [0.5, 0.6) is 0 Å². The second-order valence-corrected chi connectivity index (χ2v) is 7.65. The summed E-state index contributed by atoms with van der Waals surface area (Å²) in [6, 6.07) is 8.32. The Morgan fingerprint density at radius 1 is 1.20 bits per heavy atom. The van der Waals surface area contributed by atoms with E-state index in [4.69, 9.17) is 4.74 Å². The summed E-state index contributed by atoms with van der Waals surface area (Å²) in [6.07, 6.45) is 1.84. The predicted molar refractivity (Wildman–Crippen MR) is 96.0 cm³/mol. The van der Waals surface area contributed by atoms with Gasteiger partial charge in [-0.15, -0.1) is 10.2 Å². The van der Waals surface area contributed by atoms with Crippen molar-refractivity contribution in [3.05, 3.63) is 48.0 Å². The number of benzene rings is 1. The Balaban J connectivity index is 1.38. The number of anilines is 1. The molecule has 0 atom stereocenters. The summed E-state index contributed by atoms with van der Waals surface area (Å²) < 4.78 is 21.3. The Kier molecular flexibility index (Phi) is 4.95. The SMILES string of the molecule is Fc1cccc(-n2ccc(CSc3nnc(N4CCOCC4)s3)n2)c1. The van der Waals surface area contributed by atoms with Gasteiger partial charge in [0.05, 0.1) is 24.6 Å². The summed E-state index contributed by atoms with van der Waals surface area (Å²) in [5, 5.41) is 13.9. The summed E-state index contributed by atoms with van der Waals surface area (Å²) in [7, 11) is 0. The van der Waals surface area contributed by atoms with Crippen LogP contribution in [-0.2, 0) is 10.5 Å². The molecule has 2 aromatic heterocycles. The second-order valence-electron chi connectivity index (χ2n) is 5.47. The molecule has 0 amide bonds. The van der Waals surface area contributed by atoms with Gasteiger partial charge < -0.3 is 9.64 Å². The van der Waals surface area contributed by atoms with E-state index in [0.29, 0.717) is 11.4 Å². The molecule has 1 aromatic carbocycles. The average molecular weight is 377 g/mol. The van der Waals surface area contributed by atoms with E-state index in [2.05, 4.69) is 20.2 Å². The van der Waals surface area contributed by atoms with E-state index in [1.807, 2.05) is 18.3 Å². The minimum absolute atomic E-state index is 0.270. The molecule has 0 unspecified atom stereocenters. The van der Waals surface area contributed by atoms with Crippen LogP contribution < -0.4 is 4.90 Å². The van der Waals surface area contributed by atoms with E-state index in [1.54, 1.807) is 33.8 Å². The third-order valence-electron chi connectivity index (χ3n) is 3.74. The maximum absolute atomic E-state index is 13.3. The smallest absolute Gasteiger partial charge is 0.209 e. The number of rotatable bonds is 5. The molecule has 0 bridgehead atoms. The first kappa shape index (κ1) is 16.5. The van der Waals surface area contributed by atoms with Crippen LogP contribution in [0, 0.1) is 5.82 Å². The molecule has 1 aliphatic heterocycles. The molecular formula is C16H16FN5OS2. The van der Waals surface area contributed by atoms with Gasteiger partial charge in [-0.3, -0.25) is 0 Å². The van der Waals surface area contributed by atoms with E-state index in [9.17, 15) is 4.39 Å². The van der Waals surface area contributed by atoms with Gasteiger partial charge in [-0.05, 0) is 24.3 Å². The average Bonchev–Trinajstić information content (AvgIpc) is 3.30. The first-order valence-corrected chi connectivity index (χ1v) is 9.68. The number of nitrogens with zero attached hydrogens (tertiary/aromatic N) is 5. The summed E-state index contributed by atoms with van der Waals surface area (Å²) in [5.41, 5.74) is 1.62. The van der Waals surface area contributed by atoms with Gasteiger partial charge >= 0.3 is 0 Å². The minimum atomic E-state index is -0.270. The third-order valence-corrected chi connectivity index (χ3v) is 5.89. The van der Waals surface area contributed by atoms with Crippen molar-refractivity contribution in [2.24, 2.45) is 0 Å². The number of hydrogen-bond acceptors (Lipinski definition) is 7. The standard InChI is InChI=1S/C16H16FN5OS2/c17-12-2-1-3-14(10-12)22-5-4-13(20-22)11-24-16-19-18-15(25-16)21-6-8-23-9-7-21/h1-5,10H,6-9,11H2. The molecule has 0 N–H and O–H groups in total. The quantitative estimate of drug-likeness (QED) is 0.637. The highest BCUT2D eigenvalue weighted by molar-refractivity contribution is 8.00. The molecule has 1 fully saturated rings. The van der Waals surface area contributed by atoms with Crippen LogP contribution in [-0.4, -0.2) is 46.3 Å². The molecule has 4 rings (SSSR count). The maximum atomic E-state index is 13.3. The molecule has 0 radical (unpaired) electrons. The molecule has 9 heteroatoms. The number of morpholine rings is 1. The summed E-state index contributed by atoms with van der Waals surface area (Å²) >= 11 is 3.20. The second kappa shape index (κ2) is 7.51. The number of halogens is 1. The molecule has 3 heterocycles. The third kappa shape index (κ3) is 4.00.